The molecular formula is C5H9N3O3. The lowest BCUT2D eigenvalue weighted by Gasteiger charge is -2.20. The van der Waals surface area contributed by atoms with Gasteiger partial charge in [0.15, 0.2) is 6.04 Å². The first kappa shape index (κ1) is 9.74. The fourth-order valence-electron chi connectivity index (χ4n) is 0.544. The summed E-state index contributed by atoms with van der Waals surface area (Å²) in [6.07, 6.45) is 0. The number of azide groups is 1. The van der Waals surface area contributed by atoms with Gasteiger partial charge in [-0.3, -0.25) is 4.79 Å². The Morgan fingerprint density at radius 3 is 2.27 bits per heavy atom. The highest BCUT2D eigenvalue weighted by Crippen LogP contribution is 2.12. The van der Waals surface area contributed by atoms with Gasteiger partial charge in [-0.15, -0.1) is 0 Å². The predicted octanol–water partition coefficient (Wildman–Crippen LogP) is 0.521. The van der Waals surface area contributed by atoms with E-state index in [4.69, 9.17) is 15.7 Å². The highest BCUT2D eigenvalue weighted by Gasteiger charge is 2.32. The van der Waals surface area contributed by atoms with E-state index in [0.29, 0.717) is 0 Å². The molecule has 2 N–H and O–H groups in total. The average Bonchev–Trinajstić information content (AvgIpc) is 1.79. The van der Waals surface area contributed by atoms with Crippen LogP contribution in [0.5, 0.6) is 0 Å². The molecule has 0 bridgehead atoms. The molecule has 0 saturated heterocycles. The molecule has 0 aromatic carbocycles. The van der Waals surface area contributed by atoms with E-state index in [1.165, 1.54) is 13.8 Å². The van der Waals surface area contributed by atoms with E-state index in [-0.39, 0.29) is 0 Å². The van der Waals surface area contributed by atoms with Crippen LogP contribution in [-0.4, -0.2) is 27.8 Å². The number of aliphatic hydroxyl groups is 1. The van der Waals surface area contributed by atoms with Crippen molar-refractivity contribution in [2.45, 2.75) is 25.5 Å². The highest BCUT2D eigenvalue weighted by molar-refractivity contribution is 5.75. The highest BCUT2D eigenvalue weighted by atomic mass is 16.4. The first-order chi connectivity index (χ1) is 4.89. The molecule has 0 unspecified atom stereocenters. The summed E-state index contributed by atoms with van der Waals surface area (Å²) in [6.45, 7) is 2.53. The van der Waals surface area contributed by atoms with Gasteiger partial charge >= 0.3 is 5.97 Å². The summed E-state index contributed by atoms with van der Waals surface area (Å²) < 4.78 is 0. The third kappa shape index (κ3) is 2.88. The van der Waals surface area contributed by atoms with Gasteiger partial charge in [0.1, 0.15) is 0 Å². The predicted molar refractivity (Wildman–Crippen MR) is 36.9 cm³/mol. The van der Waals surface area contributed by atoms with Gasteiger partial charge in [-0.2, -0.15) is 0 Å². The van der Waals surface area contributed by atoms with Crippen molar-refractivity contribution in [2.24, 2.45) is 5.11 Å². The third-order valence-electron chi connectivity index (χ3n) is 1.07. The number of aliphatic carboxylic acids is 1. The number of carboxylic acids is 1. The molecule has 0 saturated carbocycles. The van der Waals surface area contributed by atoms with Gasteiger partial charge in [0.2, 0.25) is 0 Å². The summed E-state index contributed by atoms with van der Waals surface area (Å²) in [5.74, 6) is -1.34. The Balaban J connectivity index is 4.61. The van der Waals surface area contributed by atoms with Crippen molar-refractivity contribution in [3.05, 3.63) is 10.4 Å². The van der Waals surface area contributed by atoms with E-state index in [2.05, 4.69) is 10.0 Å². The van der Waals surface area contributed by atoms with Crippen LogP contribution in [0.15, 0.2) is 5.11 Å². The van der Waals surface area contributed by atoms with Gasteiger partial charge in [-0.1, -0.05) is 5.11 Å². The number of hydrogen-bond donors (Lipinski definition) is 2. The molecule has 0 aromatic heterocycles. The molecular weight excluding hydrogens is 150 g/mol. The summed E-state index contributed by atoms with van der Waals surface area (Å²) in [7, 11) is 0. The van der Waals surface area contributed by atoms with Crippen LogP contribution >= 0.6 is 0 Å². The van der Waals surface area contributed by atoms with Crippen LogP contribution in [-0.2, 0) is 4.79 Å². The molecule has 62 valence electrons. The second-order valence-electron chi connectivity index (χ2n) is 2.60. The molecule has 6 heteroatoms. The fourth-order valence-corrected chi connectivity index (χ4v) is 0.544. The molecule has 1 atom stereocenters. The zero-order valence-electron chi connectivity index (χ0n) is 6.22. The Hall–Kier alpha value is -1.26. The number of carbonyl (C=O) groups is 1. The van der Waals surface area contributed by atoms with Crippen LogP contribution in [0.2, 0.25) is 0 Å². The van der Waals surface area contributed by atoms with Crippen molar-refractivity contribution < 1.29 is 15.0 Å². The van der Waals surface area contributed by atoms with Crippen molar-refractivity contribution in [3.63, 3.8) is 0 Å². The van der Waals surface area contributed by atoms with Gasteiger partial charge < -0.3 is 10.2 Å². The molecule has 0 spiro atoms. The van der Waals surface area contributed by atoms with Crippen molar-refractivity contribution in [2.75, 3.05) is 0 Å². The quantitative estimate of drug-likeness (QED) is 0.356. The molecule has 0 amide bonds. The Morgan fingerprint density at radius 2 is 2.18 bits per heavy atom. The maximum atomic E-state index is 10.3. The van der Waals surface area contributed by atoms with Crippen LogP contribution in [0.4, 0.5) is 0 Å². The molecule has 0 fully saturated rings. The summed E-state index contributed by atoms with van der Waals surface area (Å²) in [5, 5.41) is 20.5. The lowest BCUT2D eigenvalue weighted by Crippen LogP contribution is -2.40. The topological polar surface area (TPSA) is 106 Å². The fraction of sp³-hybridized carbons (Fsp3) is 0.800. The first-order valence-corrected chi connectivity index (χ1v) is 2.89. The lowest BCUT2D eigenvalue weighted by atomic mass is 10.0. The second-order valence-corrected chi connectivity index (χ2v) is 2.60. The first-order valence-electron chi connectivity index (χ1n) is 2.89. The largest absolute Gasteiger partial charge is 0.481 e. The van der Waals surface area contributed by atoms with Gasteiger partial charge in [-0.25, -0.2) is 0 Å². The van der Waals surface area contributed by atoms with E-state index in [0.717, 1.165) is 0 Å². The third-order valence-corrected chi connectivity index (χ3v) is 1.07. The Morgan fingerprint density at radius 1 is 1.73 bits per heavy atom. The smallest absolute Gasteiger partial charge is 0.315 e. The number of nitrogens with zero attached hydrogens (tertiary/aromatic N) is 3. The van der Waals surface area contributed by atoms with Gasteiger partial charge in [0.25, 0.3) is 0 Å². The van der Waals surface area contributed by atoms with E-state index >= 15 is 0 Å². The lowest BCUT2D eigenvalue weighted by molar-refractivity contribution is -0.143. The van der Waals surface area contributed by atoms with E-state index < -0.39 is 17.6 Å². The van der Waals surface area contributed by atoms with Crippen molar-refractivity contribution >= 4 is 5.97 Å². The molecule has 0 rings (SSSR count). The van der Waals surface area contributed by atoms with Gasteiger partial charge in [0, 0.05) is 4.91 Å². The Kier molecular flexibility index (Phi) is 2.86. The molecule has 0 radical (unpaired) electrons. The maximum Gasteiger partial charge on any atom is 0.315 e. The minimum Gasteiger partial charge on any atom is -0.481 e. The zero-order valence-corrected chi connectivity index (χ0v) is 6.22. The van der Waals surface area contributed by atoms with Gasteiger partial charge in [-0.05, 0) is 19.4 Å². The average molecular weight is 159 g/mol. The van der Waals surface area contributed by atoms with Gasteiger partial charge in [0.05, 0.1) is 5.60 Å². The normalized spacial score (nSPS) is 13.4. The Bertz CT molecular complexity index is 200. The summed E-state index contributed by atoms with van der Waals surface area (Å²) in [4.78, 5) is 12.6. The molecule has 11 heavy (non-hydrogen) atoms. The van der Waals surface area contributed by atoms with E-state index in [9.17, 15) is 4.79 Å². The maximum absolute atomic E-state index is 10.3. The van der Waals surface area contributed by atoms with Crippen LogP contribution in [0.25, 0.3) is 10.4 Å². The standard InChI is InChI=1S/C5H9N3O3/c1-5(2,11)3(4(9)10)7-8-6/h3,11H,1-2H3,(H,9,10)/t3-/m1/s1. The van der Waals surface area contributed by atoms with Crippen LogP contribution < -0.4 is 0 Å². The van der Waals surface area contributed by atoms with Crippen LogP contribution in [0.3, 0.4) is 0 Å². The van der Waals surface area contributed by atoms with Crippen molar-refractivity contribution in [1.29, 1.82) is 0 Å². The second kappa shape index (κ2) is 3.23. The van der Waals surface area contributed by atoms with E-state index in [1.54, 1.807) is 0 Å². The summed E-state index contributed by atoms with van der Waals surface area (Å²) >= 11 is 0. The summed E-state index contributed by atoms with van der Waals surface area (Å²) in [5.41, 5.74) is 6.40. The minimum atomic E-state index is -1.53. The molecule has 0 heterocycles. The summed E-state index contributed by atoms with van der Waals surface area (Å²) in [6, 6.07) is -1.44. The van der Waals surface area contributed by atoms with Crippen molar-refractivity contribution in [3.8, 4) is 0 Å². The monoisotopic (exact) mass is 159 g/mol. The molecule has 0 aliphatic rings. The molecule has 0 aliphatic carbocycles. The number of hydrogen-bond acceptors (Lipinski definition) is 3. The number of carboxylic acid groups (broad SMARTS) is 1. The molecule has 0 aromatic rings. The molecule has 0 aliphatic heterocycles. The minimum absolute atomic E-state index is 1.26. The van der Waals surface area contributed by atoms with Crippen molar-refractivity contribution in [1.82, 2.24) is 0 Å². The molecule has 6 nitrogen and oxygen atoms in total. The van der Waals surface area contributed by atoms with Crippen LogP contribution in [0, 0.1) is 0 Å². The Labute approximate surface area is 63.1 Å². The van der Waals surface area contributed by atoms with Crippen LogP contribution in [0.1, 0.15) is 13.8 Å². The van der Waals surface area contributed by atoms with E-state index in [1.807, 2.05) is 0 Å². The number of rotatable bonds is 3. The SMILES string of the molecule is CC(C)(O)[C@H](N=[N+]=[N-])C(=O)O. The zero-order chi connectivity index (χ0) is 9.07.